The zero-order chi connectivity index (χ0) is 14.0. The van der Waals surface area contributed by atoms with E-state index >= 15 is 0 Å². The Bertz CT molecular complexity index is 468. The number of allylic oxidation sites excluding steroid dienone is 1. The van der Waals surface area contributed by atoms with Gasteiger partial charge >= 0.3 is 0 Å². The first kappa shape index (κ1) is 14.2. The molecular formula is C16H22F2O. The first-order valence-electron chi connectivity index (χ1n) is 6.79. The molecule has 1 atom stereocenters. The van der Waals surface area contributed by atoms with Crippen molar-refractivity contribution in [1.29, 1.82) is 0 Å². The summed E-state index contributed by atoms with van der Waals surface area (Å²) in [4.78, 5) is 0. The molecule has 2 rings (SSSR count). The van der Waals surface area contributed by atoms with Crippen LogP contribution in [0, 0.1) is 30.4 Å². The van der Waals surface area contributed by atoms with Crippen LogP contribution in [-0.2, 0) is 0 Å². The standard InChI is InChI=1S/C16H20F2O.H2/c1-3-11-5-7-12(8-6-11)16(19)13-9-4-10(2)14(17)15(13)18;/h3-4,9,11-12,16,19H,1,5-8H2,2H3;1H. The third kappa shape index (κ3) is 2.86. The predicted octanol–water partition coefficient (Wildman–Crippen LogP) is 4.55. The maximum absolute atomic E-state index is 13.9. The number of benzene rings is 1. The number of hydrogen-bond donors (Lipinski definition) is 1. The fraction of sp³-hybridized carbons (Fsp3) is 0.500. The second-order valence-corrected chi connectivity index (χ2v) is 5.46. The molecule has 1 aromatic carbocycles. The Hall–Kier alpha value is -1.22. The SMILES string of the molecule is C=CC1CCC(C(O)c2ccc(C)c(F)c2F)CC1.[HH]. The van der Waals surface area contributed by atoms with Crippen LogP contribution in [0.1, 0.15) is 44.3 Å². The van der Waals surface area contributed by atoms with Crippen molar-refractivity contribution in [3.63, 3.8) is 0 Å². The van der Waals surface area contributed by atoms with Gasteiger partial charge in [0, 0.05) is 6.99 Å². The predicted molar refractivity (Wildman–Crippen MR) is 73.8 cm³/mol. The van der Waals surface area contributed by atoms with Gasteiger partial charge in [0.2, 0.25) is 0 Å². The van der Waals surface area contributed by atoms with Crippen LogP contribution in [0.3, 0.4) is 0 Å². The molecule has 0 amide bonds. The van der Waals surface area contributed by atoms with E-state index in [9.17, 15) is 13.9 Å². The van der Waals surface area contributed by atoms with E-state index in [1.807, 2.05) is 6.08 Å². The second kappa shape index (κ2) is 5.83. The van der Waals surface area contributed by atoms with Crippen molar-refractivity contribution >= 4 is 0 Å². The molecule has 1 nitrogen and oxygen atoms in total. The van der Waals surface area contributed by atoms with Crippen molar-refractivity contribution in [3.8, 4) is 0 Å². The summed E-state index contributed by atoms with van der Waals surface area (Å²) in [6.45, 7) is 5.29. The molecule has 0 heterocycles. The van der Waals surface area contributed by atoms with Gasteiger partial charge in [-0.1, -0.05) is 18.2 Å². The van der Waals surface area contributed by atoms with Crippen LogP contribution in [-0.4, -0.2) is 5.11 Å². The summed E-state index contributed by atoms with van der Waals surface area (Å²) in [7, 11) is 0. The molecule has 1 fully saturated rings. The van der Waals surface area contributed by atoms with Crippen LogP contribution in [0.5, 0.6) is 0 Å². The van der Waals surface area contributed by atoms with E-state index in [0.29, 0.717) is 5.92 Å². The third-order valence-electron chi connectivity index (χ3n) is 4.22. The highest BCUT2D eigenvalue weighted by atomic mass is 19.2. The highest BCUT2D eigenvalue weighted by molar-refractivity contribution is 5.27. The summed E-state index contributed by atoms with van der Waals surface area (Å²) in [6, 6.07) is 3.02. The molecule has 3 heteroatoms. The van der Waals surface area contributed by atoms with Crippen molar-refractivity contribution in [3.05, 3.63) is 47.5 Å². The van der Waals surface area contributed by atoms with Crippen LogP contribution in [0.25, 0.3) is 0 Å². The quantitative estimate of drug-likeness (QED) is 0.798. The Balaban J connectivity index is 0.00000200. The van der Waals surface area contributed by atoms with Crippen molar-refractivity contribution in [1.82, 2.24) is 0 Å². The summed E-state index contributed by atoms with van der Waals surface area (Å²) in [5, 5.41) is 10.3. The molecule has 1 unspecified atom stereocenters. The van der Waals surface area contributed by atoms with E-state index in [4.69, 9.17) is 0 Å². The Morgan fingerprint density at radius 2 is 1.89 bits per heavy atom. The van der Waals surface area contributed by atoms with Gasteiger partial charge in [-0.25, -0.2) is 8.78 Å². The van der Waals surface area contributed by atoms with E-state index in [0.717, 1.165) is 25.7 Å². The average molecular weight is 268 g/mol. The number of halogens is 2. The van der Waals surface area contributed by atoms with Crippen molar-refractivity contribution in [2.75, 3.05) is 0 Å². The van der Waals surface area contributed by atoms with Gasteiger partial charge in [0.05, 0.1) is 6.10 Å². The minimum absolute atomic E-state index is 0. The molecule has 106 valence electrons. The molecule has 1 saturated carbocycles. The fourth-order valence-corrected chi connectivity index (χ4v) is 2.84. The molecule has 1 aliphatic rings. The summed E-state index contributed by atoms with van der Waals surface area (Å²) in [5.41, 5.74) is 0.356. The Morgan fingerprint density at radius 1 is 1.26 bits per heavy atom. The van der Waals surface area contributed by atoms with Crippen LogP contribution in [0.15, 0.2) is 24.8 Å². The van der Waals surface area contributed by atoms with Crippen LogP contribution < -0.4 is 0 Å². The molecule has 0 aliphatic heterocycles. The van der Waals surface area contributed by atoms with Gasteiger partial charge in [0.15, 0.2) is 11.6 Å². The number of hydrogen-bond acceptors (Lipinski definition) is 1. The molecule has 19 heavy (non-hydrogen) atoms. The van der Waals surface area contributed by atoms with Crippen LogP contribution >= 0.6 is 0 Å². The van der Waals surface area contributed by atoms with Gasteiger partial charge in [-0.15, -0.1) is 6.58 Å². The van der Waals surface area contributed by atoms with E-state index in [2.05, 4.69) is 6.58 Å². The smallest absolute Gasteiger partial charge is 0.164 e. The molecule has 0 radical (unpaired) electrons. The molecule has 0 spiro atoms. The highest BCUT2D eigenvalue weighted by Crippen LogP contribution is 2.38. The van der Waals surface area contributed by atoms with Gasteiger partial charge in [-0.3, -0.25) is 0 Å². The number of aryl methyl sites for hydroxylation is 1. The summed E-state index contributed by atoms with van der Waals surface area (Å²) in [6.07, 6.45) is 4.59. The summed E-state index contributed by atoms with van der Waals surface area (Å²) < 4.78 is 27.4. The average Bonchev–Trinajstić information content (AvgIpc) is 2.44. The second-order valence-electron chi connectivity index (χ2n) is 5.46. The lowest BCUT2D eigenvalue weighted by Gasteiger charge is -2.30. The molecule has 0 saturated heterocycles. The third-order valence-corrected chi connectivity index (χ3v) is 4.22. The van der Waals surface area contributed by atoms with Gasteiger partial charge in [-0.05, 0) is 50.0 Å². The van der Waals surface area contributed by atoms with Crippen molar-refractivity contribution < 1.29 is 15.3 Å². The zero-order valence-electron chi connectivity index (χ0n) is 11.2. The molecule has 1 aliphatic carbocycles. The first-order valence-corrected chi connectivity index (χ1v) is 6.79. The Kier molecular flexibility index (Phi) is 4.35. The lowest BCUT2D eigenvalue weighted by molar-refractivity contribution is 0.0746. The molecular weight excluding hydrogens is 246 g/mol. The monoisotopic (exact) mass is 268 g/mol. The summed E-state index contributed by atoms with van der Waals surface area (Å²) in [5.74, 6) is -1.26. The topological polar surface area (TPSA) is 20.2 Å². The molecule has 0 aromatic heterocycles. The Morgan fingerprint density at radius 3 is 2.47 bits per heavy atom. The van der Waals surface area contributed by atoms with Gasteiger partial charge in [0.25, 0.3) is 0 Å². The zero-order valence-corrected chi connectivity index (χ0v) is 11.2. The number of rotatable bonds is 3. The van der Waals surface area contributed by atoms with Gasteiger partial charge in [0.1, 0.15) is 0 Å². The largest absolute Gasteiger partial charge is 0.388 e. The van der Waals surface area contributed by atoms with E-state index in [-0.39, 0.29) is 18.5 Å². The molecule has 1 N–H and O–H groups in total. The van der Waals surface area contributed by atoms with E-state index in [1.54, 1.807) is 0 Å². The fourth-order valence-electron chi connectivity index (χ4n) is 2.84. The number of aliphatic hydroxyl groups excluding tert-OH is 1. The minimum Gasteiger partial charge on any atom is -0.388 e. The van der Waals surface area contributed by atoms with Gasteiger partial charge < -0.3 is 5.11 Å². The van der Waals surface area contributed by atoms with Crippen LogP contribution in [0.4, 0.5) is 8.78 Å². The highest BCUT2D eigenvalue weighted by Gasteiger charge is 2.29. The Labute approximate surface area is 114 Å². The van der Waals surface area contributed by atoms with E-state index in [1.165, 1.54) is 19.1 Å². The lowest BCUT2D eigenvalue weighted by atomic mass is 9.78. The lowest BCUT2D eigenvalue weighted by Crippen LogP contribution is -2.20. The van der Waals surface area contributed by atoms with Gasteiger partial charge in [-0.2, -0.15) is 0 Å². The minimum atomic E-state index is -0.916. The van der Waals surface area contributed by atoms with E-state index < -0.39 is 17.7 Å². The molecule has 0 bridgehead atoms. The molecule has 1 aromatic rings. The van der Waals surface area contributed by atoms with Crippen molar-refractivity contribution in [2.45, 2.75) is 38.7 Å². The maximum atomic E-state index is 13.9. The summed E-state index contributed by atoms with van der Waals surface area (Å²) >= 11 is 0. The van der Waals surface area contributed by atoms with Crippen LogP contribution in [0.2, 0.25) is 0 Å². The number of aliphatic hydroxyl groups is 1. The normalized spacial score (nSPS) is 25.1. The maximum Gasteiger partial charge on any atom is 0.164 e. The first-order chi connectivity index (χ1) is 9.04. The van der Waals surface area contributed by atoms with Crippen molar-refractivity contribution in [2.24, 2.45) is 11.8 Å².